The average molecular weight is 276 g/mol. The van der Waals surface area contributed by atoms with Crippen LogP contribution in [0, 0.1) is 11.6 Å². The zero-order valence-electron chi connectivity index (χ0n) is 8.22. The SMILES string of the molecule is Fc1cc(Nc2nc(Cl)ncc2F)ccc1Cl. The number of hydrogen-bond donors (Lipinski definition) is 1. The van der Waals surface area contributed by atoms with Gasteiger partial charge in [-0.3, -0.25) is 0 Å². The van der Waals surface area contributed by atoms with Crippen molar-refractivity contribution in [3.05, 3.63) is 46.3 Å². The van der Waals surface area contributed by atoms with Gasteiger partial charge in [-0.15, -0.1) is 0 Å². The fourth-order valence-corrected chi connectivity index (χ4v) is 1.39. The van der Waals surface area contributed by atoms with Crippen LogP contribution < -0.4 is 5.32 Å². The highest BCUT2D eigenvalue weighted by Gasteiger charge is 2.07. The van der Waals surface area contributed by atoms with E-state index in [0.717, 1.165) is 12.3 Å². The van der Waals surface area contributed by atoms with E-state index in [1.165, 1.54) is 12.1 Å². The molecule has 88 valence electrons. The molecule has 3 nitrogen and oxygen atoms in total. The second-order valence-electron chi connectivity index (χ2n) is 3.09. The first-order valence-electron chi connectivity index (χ1n) is 4.46. The van der Waals surface area contributed by atoms with Gasteiger partial charge >= 0.3 is 0 Å². The summed E-state index contributed by atoms with van der Waals surface area (Å²) in [6.45, 7) is 0. The lowest BCUT2D eigenvalue weighted by atomic mass is 10.3. The molecular formula is C10H5Cl2F2N3. The van der Waals surface area contributed by atoms with Crippen LogP contribution in [0.1, 0.15) is 0 Å². The van der Waals surface area contributed by atoms with Crippen molar-refractivity contribution in [1.82, 2.24) is 9.97 Å². The van der Waals surface area contributed by atoms with Crippen LogP contribution in [0.2, 0.25) is 10.3 Å². The highest BCUT2D eigenvalue weighted by molar-refractivity contribution is 6.30. The van der Waals surface area contributed by atoms with Crippen LogP contribution in [0.15, 0.2) is 24.4 Å². The summed E-state index contributed by atoms with van der Waals surface area (Å²) < 4.78 is 26.4. The van der Waals surface area contributed by atoms with E-state index in [0.29, 0.717) is 5.69 Å². The Labute approximate surface area is 105 Å². The normalized spacial score (nSPS) is 10.4. The maximum atomic E-state index is 13.3. The van der Waals surface area contributed by atoms with Gasteiger partial charge in [-0.25, -0.2) is 13.8 Å². The predicted octanol–water partition coefficient (Wildman–Crippen LogP) is 3.81. The van der Waals surface area contributed by atoms with Crippen LogP contribution in [0.4, 0.5) is 20.3 Å². The van der Waals surface area contributed by atoms with Gasteiger partial charge in [0.25, 0.3) is 0 Å². The monoisotopic (exact) mass is 275 g/mol. The van der Waals surface area contributed by atoms with Crippen molar-refractivity contribution in [3.63, 3.8) is 0 Å². The number of halogens is 4. The maximum absolute atomic E-state index is 13.3. The Balaban J connectivity index is 2.31. The first-order chi connectivity index (χ1) is 8.06. The van der Waals surface area contributed by atoms with Crippen LogP contribution in [0.25, 0.3) is 0 Å². The van der Waals surface area contributed by atoms with Gasteiger partial charge in [0, 0.05) is 5.69 Å². The summed E-state index contributed by atoms with van der Waals surface area (Å²) in [5.74, 6) is -1.44. The van der Waals surface area contributed by atoms with Gasteiger partial charge in [0.2, 0.25) is 5.28 Å². The average Bonchev–Trinajstić information content (AvgIpc) is 2.29. The summed E-state index contributed by atoms with van der Waals surface area (Å²) in [7, 11) is 0. The Morgan fingerprint density at radius 2 is 1.88 bits per heavy atom. The van der Waals surface area contributed by atoms with Gasteiger partial charge in [0.05, 0.1) is 11.2 Å². The number of nitrogens with zero attached hydrogens (tertiary/aromatic N) is 2. The number of anilines is 2. The van der Waals surface area contributed by atoms with E-state index in [-0.39, 0.29) is 16.1 Å². The lowest BCUT2D eigenvalue weighted by Crippen LogP contribution is -1.99. The first-order valence-corrected chi connectivity index (χ1v) is 5.22. The molecule has 0 aliphatic heterocycles. The molecule has 0 amide bonds. The van der Waals surface area contributed by atoms with Crippen molar-refractivity contribution in [2.45, 2.75) is 0 Å². The van der Waals surface area contributed by atoms with E-state index >= 15 is 0 Å². The highest BCUT2D eigenvalue weighted by atomic mass is 35.5. The Hall–Kier alpha value is -1.46. The molecule has 17 heavy (non-hydrogen) atoms. The molecule has 0 spiro atoms. The van der Waals surface area contributed by atoms with Crippen molar-refractivity contribution in [2.24, 2.45) is 0 Å². The molecule has 0 saturated carbocycles. The molecule has 2 rings (SSSR count). The lowest BCUT2D eigenvalue weighted by molar-refractivity contribution is 0.618. The summed E-state index contributed by atoms with van der Waals surface area (Å²) in [6, 6.07) is 3.96. The molecule has 7 heteroatoms. The fourth-order valence-electron chi connectivity index (χ4n) is 1.14. The zero-order valence-corrected chi connectivity index (χ0v) is 9.73. The molecule has 1 aromatic heterocycles. The van der Waals surface area contributed by atoms with Crippen LogP contribution in [0.3, 0.4) is 0 Å². The molecule has 2 aromatic rings. The molecule has 0 saturated heterocycles. The summed E-state index contributed by atoms with van der Waals surface area (Å²) in [4.78, 5) is 7.09. The predicted molar refractivity (Wildman–Crippen MR) is 61.7 cm³/mol. The minimum Gasteiger partial charge on any atom is -0.338 e. The summed E-state index contributed by atoms with van der Waals surface area (Å²) >= 11 is 11.0. The van der Waals surface area contributed by atoms with Crippen molar-refractivity contribution in [2.75, 3.05) is 5.32 Å². The van der Waals surface area contributed by atoms with Crippen molar-refractivity contribution in [1.29, 1.82) is 0 Å². The quantitative estimate of drug-likeness (QED) is 0.847. The van der Waals surface area contributed by atoms with Gasteiger partial charge in [0.1, 0.15) is 5.82 Å². The van der Waals surface area contributed by atoms with Gasteiger partial charge in [-0.2, -0.15) is 4.98 Å². The number of benzene rings is 1. The van der Waals surface area contributed by atoms with E-state index in [1.807, 2.05) is 0 Å². The molecular weight excluding hydrogens is 271 g/mol. The van der Waals surface area contributed by atoms with E-state index in [2.05, 4.69) is 15.3 Å². The van der Waals surface area contributed by atoms with Gasteiger partial charge in [-0.1, -0.05) is 11.6 Å². The first kappa shape index (κ1) is 12.0. The van der Waals surface area contributed by atoms with Crippen LogP contribution >= 0.6 is 23.2 Å². The number of hydrogen-bond acceptors (Lipinski definition) is 3. The molecule has 0 aliphatic carbocycles. The second-order valence-corrected chi connectivity index (χ2v) is 3.83. The molecule has 0 atom stereocenters. The number of aromatic nitrogens is 2. The smallest absolute Gasteiger partial charge is 0.224 e. The minimum atomic E-state index is -0.690. The third-order valence-corrected chi connectivity index (χ3v) is 2.39. The molecule has 1 aromatic carbocycles. The minimum absolute atomic E-state index is 0.0169. The second kappa shape index (κ2) is 4.81. The summed E-state index contributed by atoms with van der Waals surface area (Å²) in [6.07, 6.45) is 0.921. The Morgan fingerprint density at radius 3 is 2.59 bits per heavy atom. The highest BCUT2D eigenvalue weighted by Crippen LogP contribution is 2.22. The van der Waals surface area contributed by atoms with Crippen molar-refractivity contribution in [3.8, 4) is 0 Å². The molecule has 1 heterocycles. The molecule has 0 aliphatic rings. The zero-order chi connectivity index (χ0) is 12.4. The Kier molecular flexibility index (Phi) is 3.40. The third-order valence-electron chi connectivity index (χ3n) is 1.90. The van der Waals surface area contributed by atoms with Crippen molar-refractivity contribution >= 4 is 34.7 Å². The molecule has 0 radical (unpaired) electrons. The summed E-state index contributed by atoms with van der Waals surface area (Å²) in [5, 5.41) is 2.45. The van der Waals surface area contributed by atoms with Gasteiger partial charge in [0.15, 0.2) is 11.6 Å². The Morgan fingerprint density at radius 1 is 1.12 bits per heavy atom. The maximum Gasteiger partial charge on any atom is 0.224 e. The standard InChI is InChI=1S/C10H5Cl2F2N3/c11-6-2-1-5(3-7(6)13)16-9-8(14)4-15-10(12)17-9/h1-4H,(H,15,16,17). The Bertz CT molecular complexity index is 563. The number of rotatable bonds is 2. The van der Waals surface area contributed by atoms with Crippen molar-refractivity contribution < 1.29 is 8.78 Å². The van der Waals surface area contributed by atoms with Gasteiger partial charge < -0.3 is 5.32 Å². The largest absolute Gasteiger partial charge is 0.338 e. The number of nitrogens with one attached hydrogen (secondary N) is 1. The van der Waals surface area contributed by atoms with E-state index in [1.54, 1.807) is 0 Å². The molecule has 0 bridgehead atoms. The van der Waals surface area contributed by atoms with Crippen LogP contribution in [0.5, 0.6) is 0 Å². The van der Waals surface area contributed by atoms with E-state index in [4.69, 9.17) is 23.2 Å². The van der Waals surface area contributed by atoms with Crippen LogP contribution in [-0.4, -0.2) is 9.97 Å². The molecule has 1 N–H and O–H groups in total. The topological polar surface area (TPSA) is 37.8 Å². The van der Waals surface area contributed by atoms with Crippen LogP contribution in [-0.2, 0) is 0 Å². The molecule has 0 unspecified atom stereocenters. The van der Waals surface area contributed by atoms with E-state index in [9.17, 15) is 8.78 Å². The summed E-state index contributed by atoms with van der Waals surface area (Å²) in [5.41, 5.74) is 0.306. The van der Waals surface area contributed by atoms with Gasteiger partial charge in [-0.05, 0) is 29.8 Å². The fraction of sp³-hybridized carbons (Fsp3) is 0. The lowest BCUT2D eigenvalue weighted by Gasteiger charge is -2.06. The van der Waals surface area contributed by atoms with E-state index < -0.39 is 11.6 Å². The third kappa shape index (κ3) is 2.81. The molecule has 0 fully saturated rings.